The van der Waals surface area contributed by atoms with Crippen molar-refractivity contribution >= 4 is 42.3 Å². The van der Waals surface area contributed by atoms with Crippen molar-refractivity contribution in [3.8, 4) is 0 Å². The summed E-state index contributed by atoms with van der Waals surface area (Å²) in [5.74, 6) is -0.817. The van der Waals surface area contributed by atoms with Gasteiger partial charge in [0.15, 0.2) is 5.78 Å². The SMILES string of the molecule is CCC(=O)[C@H](OC1CCN(N2CCN(c3ccncc3)CC2)CC1)C(=O)OC.Cl.Cl. The van der Waals surface area contributed by atoms with Gasteiger partial charge >= 0.3 is 5.97 Å². The average molecular weight is 463 g/mol. The van der Waals surface area contributed by atoms with Crippen molar-refractivity contribution in [1.82, 2.24) is 15.0 Å². The Morgan fingerprint density at radius 3 is 2.13 bits per heavy atom. The number of esters is 1. The van der Waals surface area contributed by atoms with E-state index in [4.69, 9.17) is 9.47 Å². The van der Waals surface area contributed by atoms with Crippen LogP contribution in [0.25, 0.3) is 0 Å². The molecule has 2 fully saturated rings. The quantitative estimate of drug-likeness (QED) is 0.449. The molecule has 0 N–H and O–H groups in total. The Labute approximate surface area is 190 Å². The van der Waals surface area contributed by atoms with Gasteiger partial charge in [-0.3, -0.25) is 9.78 Å². The summed E-state index contributed by atoms with van der Waals surface area (Å²) in [6, 6.07) is 4.10. The van der Waals surface area contributed by atoms with Crippen LogP contribution < -0.4 is 4.90 Å². The molecule has 1 aromatic rings. The summed E-state index contributed by atoms with van der Waals surface area (Å²) in [6.45, 7) is 7.39. The zero-order valence-corrected chi connectivity index (χ0v) is 19.2. The van der Waals surface area contributed by atoms with Crippen LogP contribution in [0.4, 0.5) is 5.69 Å². The van der Waals surface area contributed by atoms with Gasteiger partial charge in [-0.25, -0.2) is 14.8 Å². The van der Waals surface area contributed by atoms with Crippen molar-refractivity contribution in [2.45, 2.75) is 38.4 Å². The van der Waals surface area contributed by atoms with E-state index in [2.05, 4.69) is 19.9 Å². The summed E-state index contributed by atoms with van der Waals surface area (Å²) in [7, 11) is 1.29. The highest BCUT2D eigenvalue weighted by molar-refractivity contribution is 6.01. The number of nitrogens with zero attached hydrogens (tertiary/aromatic N) is 4. The number of ether oxygens (including phenoxy) is 2. The highest BCUT2D eigenvalue weighted by Gasteiger charge is 2.33. The molecule has 2 aliphatic heterocycles. The molecule has 30 heavy (non-hydrogen) atoms. The van der Waals surface area contributed by atoms with Gasteiger partial charge in [-0.15, -0.1) is 24.8 Å². The van der Waals surface area contributed by atoms with Gasteiger partial charge in [-0.05, 0) is 25.0 Å². The van der Waals surface area contributed by atoms with Crippen LogP contribution in [0.15, 0.2) is 24.5 Å². The molecule has 0 aromatic carbocycles. The zero-order chi connectivity index (χ0) is 19.9. The number of hydrogen-bond donors (Lipinski definition) is 0. The molecule has 170 valence electrons. The van der Waals surface area contributed by atoms with E-state index in [1.165, 1.54) is 12.8 Å². The number of piperazine rings is 1. The summed E-state index contributed by atoms with van der Waals surface area (Å²) in [5, 5.41) is 4.78. The van der Waals surface area contributed by atoms with E-state index < -0.39 is 12.1 Å². The van der Waals surface area contributed by atoms with Crippen molar-refractivity contribution in [3.63, 3.8) is 0 Å². The lowest BCUT2D eigenvalue weighted by Gasteiger charge is -2.44. The fourth-order valence-electron chi connectivity index (χ4n) is 3.80. The first kappa shape index (κ1) is 26.6. The third-order valence-corrected chi connectivity index (χ3v) is 5.49. The number of Topliss-reactive ketones (excluding diaryl/α,β-unsaturated/α-hetero) is 1. The van der Waals surface area contributed by atoms with Crippen molar-refractivity contribution in [2.75, 3.05) is 51.3 Å². The molecular weight excluding hydrogens is 431 g/mol. The number of hydrogen-bond acceptors (Lipinski definition) is 8. The molecule has 3 heterocycles. The maximum Gasteiger partial charge on any atom is 0.342 e. The van der Waals surface area contributed by atoms with Crippen molar-refractivity contribution in [2.24, 2.45) is 0 Å². The average Bonchev–Trinajstić information content (AvgIpc) is 2.77. The number of aromatic nitrogens is 1. The Morgan fingerprint density at radius 2 is 1.60 bits per heavy atom. The highest BCUT2D eigenvalue weighted by atomic mass is 35.5. The first-order chi connectivity index (χ1) is 13.6. The van der Waals surface area contributed by atoms with E-state index >= 15 is 0 Å². The van der Waals surface area contributed by atoms with E-state index in [-0.39, 0.29) is 43.1 Å². The number of rotatable bonds is 7. The van der Waals surface area contributed by atoms with Crippen LogP contribution in [0.3, 0.4) is 0 Å². The van der Waals surface area contributed by atoms with Crippen LogP contribution >= 0.6 is 24.8 Å². The van der Waals surface area contributed by atoms with Crippen LogP contribution in [0.5, 0.6) is 0 Å². The first-order valence-electron chi connectivity index (χ1n) is 10.0. The number of carbonyl (C=O) groups is 2. The molecule has 2 aliphatic rings. The summed E-state index contributed by atoms with van der Waals surface area (Å²) in [4.78, 5) is 30.3. The minimum Gasteiger partial charge on any atom is -0.467 e. The van der Waals surface area contributed by atoms with Crippen LogP contribution in [-0.2, 0) is 19.1 Å². The number of pyridine rings is 1. The Bertz CT molecular complexity index is 635. The van der Waals surface area contributed by atoms with Gasteiger partial charge in [-0.2, -0.15) is 0 Å². The lowest BCUT2D eigenvalue weighted by molar-refractivity contribution is -0.167. The van der Waals surface area contributed by atoms with E-state index in [0.29, 0.717) is 0 Å². The number of hydrazine groups is 1. The molecule has 0 aliphatic carbocycles. The number of anilines is 1. The zero-order valence-electron chi connectivity index (χ0n) is 17.6. The summed E-state index contributed by atoms with van der Waals surface area (Å²) in [5.41, 5.74) is 1.22. The summed E-state index contributed by atoms with van der Waals surface area (Å²) < 4.78 is 10.6. The predicted molar refractivity (Wildman–Crippen MR) is 119 cm³/mol. The molecule has 0 bridgehead atoms. The molecule has 1 aromatic heterocycles. The predicted octanol–water partition coefficient (Wildman–Crippen LogP) is 1.96. The van der Waals surface area contributed by atoms with Crippen molar-refractivity contribution < 1.29 is 19.1 Å². The van der Waals surface area contributed by atoms with Crippen LogP contribution in [-0.4, -0.2) is 85.3 Å². The van der Waals surface area contributed by atoms with Crippen molar-refractivity contribution in [3.05, 3.63) is 24.5 Å². The molecular formula is C20H32Cl2N4O4. The molecule has 1 atom stereocenters. The molecule has 10 heteroatoms. The van der Waals surface area contributed by atoms with Gasteiger partial charge in [-0.1, -0.05) is 6.92 Å². The number of methoxy groups -OCH3 is 1. The molecule has 2 saturated heterocycles. The van der Waals surface area contributed by atoms with E-state index in [1.54, 1.807) is 6.92 Å². The normalized spacial score (nSPS) is 19.3. The lowest BCUT2D eigenvalue weighted by atomic mass is 10.1. The molecule has 8 nitrogen and oxygen atoms in total. The highest BCUT2D eigenvalue weighted by Crippen LogP contribution is 2.21. The third kappa shape index (κ3) is 6.78. The maximum atomic E-state index is 12.0. The Hall–Kier alpha value is -1.45. The largest absolute Gasteiger partial charge is 0.467 e. The number of carbonyl (C=O) groups excluding carboxylic acids is 2. The second-order valence-corrected chi connectivity index (χ2v) is 7.16. The van der Waals surface area contributed by atoms with E-state index in [9.17, 15) is 9.59 Å². The third-order valence-electron chi connectivity index (χ3n) is 5.49. The second-order valence-electron chi connectivity index (χ2n) is 7.16. The topological polar surface area (TPSA) is 75.2 Å². The number of halogens is 2. The van der Waals surface area contributed by atoms with Crippen LogP contribution in [0.2, 0.25) is 0 Å². The first-order valence-corrected chi connectivity index (χ1v) is 10.0. The van der Waals surface area contributed by atoms with Gasteiger partial charge in [0.1, 0.15) is 0 Å². The van der Waals surface area contributed by atoms with Crippen molar-refractivity contribution in [1.29, 1.82) is 0 Å². The number of ketones is 1. The van der Waals surface area contributed by atoms with Gasteiger partial charge in [0.2, 0.25) is 6.10 Å². The van der Waals surface area contributed by atoms with Gasteiger partial charge in [0.25, 0.3) is 0 Å². The van der Waals surface area contributed by atoms with Crippen LogP contribution in [0.1, 0.15) is 26.2 Å². The monoisotopic (exact) mass is 462 g/mol. The second kappa shape index (κ2) is 13.1. The smallest absolute Gasteiger partial charge is 0.342 e. The van der Waals surface area contributed by atoms with Gasteiger partial charge < -0.3 is 14.4 Å². The Balaban J connectivity index is 0.00000225. The molecule has 0 unspecified atom stereocenters. The Kier molecular flexibility index (Phi) is 11.6. The maximum absolute atomic E-state index is 12.0. The minimum absolute atomic E-state index is 0. The Morgan fingerprint density at radius 1 is 1.03 bits per heavy atom. The molecule has 0 amide bonds. The fraction of sp³-hybridized carbons (Fsp3) is 0.650. The number of piperidine rings is 1. The lowest BCUT2D eigenvalue weighted by Crippen LogP contribution is -2.56. The fourth-order valence-corrected chi connectivity index (χ4v) is 3.80. The molecule has 0 spiro atoms. The van der Waals surface area contributed by atoms with Gasteiger partial charge in [0.05, 0.1) is 13.2 Å². The minimum atomic E-state index is -1.09. The summed E-state index contributed by atoms with van der Waals surface area (Å²) >= 11 is 0. The van der Waals surface area contributed by atoms with E-state index in [1.807, 2.05) is 24.5 Å². The van der Waals surface area contributed by atoms with E-state index in [0.717, 1.165) is 52.1 Å². The van der Waals surface area contributed by atoms with Crippen LogP contribution in [0, 0.1) is 0 Å². The summed E-state index contributed by atoms with van der Waals surface area (Å²) in [6.07, 6.45) is 4.35. The molecule has 0 saturated carbocycles. The van der Waals surface area contributed by atoms with Gasteiger partial charge in [0, 0.05) is 63.8 Å². The molecule has 3 rings (SSSR count). The molecule has 0 radical (unpaired) electrons. The standard InChI is InChI=1S/C20H30N4O4.2ClH/c1-3-18(25)19(20(26)27-2)28-17-6-10-23(11-7-17)24-14-12-22(13-15-24)16-4-8-21-9-5-16;;/h4-5,8-9,17,19H,3,6-7,10-15H2,1-2H3;2*1H/t19-;;/m0../s1.